The third-order valence-electron chi connectivity index (χ3n) is 3.38. The van der Waals surface area contributed by atoms with E-state index in [0.29, 0.717) is 13.1 Å². The maximum Gasteiger partial charge on any atom is 0.408 e. The van der Waals surface area contributed by atoms with Gasteiger partial charge in [0.2, 0.25) is 0 Å². The van der Waals surface area contributed by atoms with Crippen molar-refractivity contribution in [1.82, 2.24) is 10.2 Å². The molecule has 0 aromatic heterocycles. The van der Waals surface area contributed by atoms with Crippen molar-refractivity contribution in [1.29, 1.82) is 5.26 Å². The molecule has 0 saturated carbocycles. The van der Waals surface area contributed by atoms with Gasteiger partial charge in [-0.1, -0.05) is 15.9 Å². The van der Waals surface area contributed by atoms with Crippen LogP contribution in [-0.4, -0.2) is 42.4 Å². The van der Waals surface area contributed by atoms with Crippen molar-refractivity contribution in [3.8, 4) is 11.8 Å². The maximum atomic E-state index is 13.5. The largest absolute Gasteiger partial charge is 0.506 e. The second-order valence-corrected chi connectivity index (χ2v) is 5.55. The summed E-state index contributed by atoms with van der Waals surface area (Å²) < 4.78 is 40.7. The van der Waals surface area contributed by atoms with Crippen molar-refractivity contribution >= 4 is 40.7 Å². The third kappa shape index (κ3) is 4.88. The molecule has 1 saturated heterocycles. The first-order chi connectivity index (χ1) is 9.86. The van der Waals surface area contributed by atoms with E-state index in [0.717, 1.165) is 0 Å². The van der Waals surface area contributed by atoms with Gasteiger partial charge in [0.25, 0.3) is 0 Å². The molecule has 1 aromatic carbocycles. The fraction of sp³-hybridized carbons (Fsp3) is 0.462. The van der Waals surface area contributed by atoms with Gasteiger partial charge in [0.15, 0.2) is 0 Å². The second kappa shape index (κ2) is 8.94. The van der Waals surface area contributed by atoms with Crippen molar-refractivity contribution < 1.29 is 18.3 Å². The number of rotatable bonds is 2. The predicted molar refractivity (Wildman–Crippen MR) is 88.3 cm³/mol. The molecule has 0 amide bonds. The van der Waals surface area contributed by atoms with Crippen LogP contribution < -0.4 is 5.32 Å². The smallest absolute Gasteiger partial charge is 0.408 e. The number of nitriles is 1. The highest BCUT2D eigenvalue weighted by molar-refractivity contribution is 9.10. The van der Waals surface area contributed by atoms with Crippen molar-refractivity contribution in [2.24, 2.45) is 0 Å². The lowest BCUT2D eigenvalue weighted by Crippen LogP contribution is -2.49. The molecule has 2 rings (SSSR count). The topological polar surface area (TPSA) is 59.3 Å². The van der Waals surface area contributed by atoms with Crippen LogP contribution in [0.1, 0.15) is 17.2 Å². The van der Waals surface area contributed by atoms with E-state index in [2.05, 4.69) is 21.2 Å². The Hall–Kier alpha value is -0.720. The highest BCUT2D eigenvalue weighted by Crippen LogP contribution is 2.45. The zero-order valence-electron chi connectivity index (χ0n) is 11.7. The fourth-order valence-corrected chi connectivity index (χ4v) is 2.96. The molecule has 130 valence electrons. The molecular weight excluding hydrogens is 422 g/mol. The monoisotopic (exact) mass is 435 g/mol. The first-order valence-electron chi connectivity index (χ1n) is 6.29. The number of hydrogen-bond donors (Lipinski definition) is 2. The Balaban J connectivity index is 0.00000242. The quantitative estimate of drug-likeness (QED) is 0.746. The summed E-state index contributed by atoms with van der Waals surface area (Å²) in [6.07, 6.45) is -4.55. The number of aromatic hydroxyl groups is 1. The van der Waals surface area contributed by atoms with E-state index in [1.54, 1.807) is 6.07 Å². The minimum Gasteiger partial charge on any atom is -0.506 e. The van der Waals surface area contributed by atoms with E-state index >= 15 is 0 Å². The van der Waals surface area contributed by atoms with Gasteiger partial charge in [-0.05, 0) is 12.1 Å². The lowest BCUT2D eigenvalue weighted by atomic mass is 10.00. The van der Waals surface area contributed by atoms with E-state index in [4.69, 9.17) is 5.26 Å². The molecular formula is C13H15BrCl2F3N3O. The highest BCUT2D eigenvalue weighted by atomic mass is 79.9. The highest BCUT2D eigenvalue weighted by Gasteiger charge is 2.47. The standard InChI is InChI=1S/C13H13BrF3N3O.2ClH/c14-9-2-1-8(7-18)11(21)10(9)12(13(15,16)17)20-5-3-19-4-6-20;;/h1-2,12,19,21H,3-6H2;2*1H/t12-;;/m0../s1. The fourth-order valence-electron chi connectivity index (χ4n) is 2.43. The molecule has 0 unspecified atom stereocenters. The molecule has 1 fully saturated rings. The zero-order chi connectivity index (χ0) is 15.6. The van der Waals surface area contributed by atoms with Crippen LogP contribution in [0.5, 0.6) is 5.75 Å². The van der Waals surface area contributed by atoms with E-state index < -0.39 is 18.0 Å². The van der Waals surface area contributed by atoms with Crippen LogP contribution in [0.15, 0.2) is 16.6 Å². The SMILES string of the molecule is Cl.Cl.N#Cc1ccc(Br)c([C@H](N2CCNCC2)C(F)(F)F)c1O. The Kier molecular flexibility index (Phi) is 8.66. The first-order valence-corrected chi connectivity index (χ1v) is 7.08. The summed E-state index contributed by atoms with van der Waals surface area (Å²) in [5.41, 5.74) is -0.471. The summed E-state index contributed by atoms with van der Waals surface area (Å²) in [6, 6.07) is 2.40. The Bertz CT molecular complexity index is 575. The van der Waals surface area contributed by atoms with Crippen LogP contribution in [0.3, 0.4) is 0 Å². The van der Waals surface area contributed by atoms with Gasteiger partial charge in [-0.15, -0.1) is 24.8 Å². The van der Waals surface area contributed by atoms with Gasteiger partial charge in [-0.2, -0.15) is 18.4 Å². The lowest BCUT2D eigenvalue weighted by Gasteiger charge is -2.36. The summed E-state index contributed by atoms with van der Waals surface area (Å²) in [6.45, 7) is 1.32. The Morgan fingerprint density at radius 3 is 2.30 bits per heavy atom. The molecule has 0 spiro atoms. The summed E-state index contributed by atoms with van der Waals surface area (Å²) in [5.74, 6) is -0.618. The van der Waals surface area contributed by atoms with Crippen LogP contribution in [-0.2, 0) is 0 Å². The van der Waals surface area contributed by atoms with Gasteiger partial charge >= 0.3 is 6.18 Å². The van der Waals surface area contributed by atoms with Crippen molar-refractivity contribution in [2.75, 3.05) is 26.2 Å². The minimum atomic E-state index is -4.55. The molecule has 1 heterocycles. The van der Waals surface area contributed by atoms with Gasteiger partial charge in [0.1, 0.15) is 17.9 Å². The first kappa shape index (κ1) is 22.3. The number of phenolic OH excluding ortho intramolecular Hbond substituents is 1. The number of nitrogens with zero attached hydrogens (tertiary/aromatic N) is 2. The average Bonchev–Trinajstić information content (AvgIpc) is 2.43. The van der Waals surface area contributed by atoms with E-state index in [1.165, 1.54) is 17.0 Å². The Morgan fingerprint density at radius 2 is 1.83 bits per heavy atom. The van der Waals surface area contributed by atoms with E-state index in [9.17, 15) is 18.3 Å². The van der Waals surface area contributed by atoms with Crippen LogP contribution in [0.25, 0.3) is 0 Å². The molecule has 0 bridgehead atoms. The van der Waals surface area contributed by atoms with Crippen LogP contribution in [0.4, 0.5) is 13.2 Å². The molecule has 1 aliphatic rings. The molecule has 2 N–H and O–H groups in total. The molecule has 0 aliphatic carbocycles. The normalized spacial score (nSPS) is 16.7. The summed E-state index contributed by atoms with van der Waals surface area (Å²) in [7, 11) is 0. The Morgan fingerprint density at radius 1 is 1.26 bits per heavy atom. The number of halogens is 6. The molecule has 1 aliphatic heterocycles. The number of nitrogens with one attached hydrogen (secondary N) is 1. The summed E-state index contributed by atoms with van der Waals surface area (Å²) in [5, 5.41) is 21.9. The van der Waals surface area contributed by atoms with Gasteiger partial charge in [-0.3, -0.25) is 4.90 Å². The van der Waals surface area contributed by atoms with Crippen LogP contribution >= 0.6 is 40.7 Å². The predicted octanol–water partition coefficient (Wildman–Crippen LogP) is 3.38. The molecule has 4 nitrogen and oxygen atoms in total. The maximum absolute atomic E-state index is 13.5. The molecule has 23 heavy (non-hydrogen) atoms. The van der Waals surface area contributed by atoms with Gasteiger partial charge in [0, 0.05) is 36.2 Å². The average molecular weight is 437 g/mol. The number of piperazine rings is 1. The molecule has 1 aromatic rings. The molecule has 10 heteroatoms. The number of phenols is 1. The van der Waals surface area contributed by atoms with Crippen LogP contribution in [0.2, 0.25) is 0 Å². The Labute approximate surface area is 152 Å². The molecule has 1 atom stereocenters. The van der Waals surface area contributed by atoms with Crippen molar-refractivity contribution in [3.05, 3.63) is 27.7 Å². The van der Waals surface area contributed by atoms with Gasteiger partial charge < -0.3 is 10.4 Å². The third-order valence-corrected chi connectivity index (χ3v) is 4.08. The van der Waals surface area contributed by atoms with Gasteiger partial charge in [-0.25, -0.2) is 0 Å². The van der Waals surface area contributed by atoms with E-state index in [1.807, 2.05) is 0 Å². The molecule has 0 radical (unpaired) electrons. The van der Waals surface area contributed by atoms with Crippen molar-refractivity contribution in [3.63, 3.8) is 0 Å². The van der Waals surface area contributed by atoms with Gasteiger partial charge in [0.05, 0.1) is 5.56 Å². The van der Waals surface area contributed by atoms with Crippen LogP contribution in [0, 0.1) is 11.3 Å². The number of hydrogen-bond acceptors (Lipinski definition) is 4. The lowest BCUT2D eigenvalue weighted by molar-refractivity contribution is -0.188. The zero-order valence-corrected chi connectivity index (χ0v) is 14.9. The van der Waals surface area contributed by atoms with Crippen molar-refractivity contribution in [2.45, 2.75) is 12.2 Å². The number of alkyl halides is 3. The summed E-state index contributed by atoms with van der Waals surface area (Å²) >= 11 is 3.06. The second-order valence-electron chi connectivity index (χ2n) is 4.70. The minimum absolute atomic E-state index is 0. The number of benzene rings is 1. The summed E-state index contributed by atoms with van der Waals surface area (Å²) in [4.78, 5) is 1.26. The van der Waals surface area contributed by atoms with E-state index in [-0.39, 0.29) is 53.5 Å².